The summed E-state index contributed by atoms with van der Waals surface area (Å²) in [5, 5.41) is 22.1. The third-order valence-electron chi connectivity index (χ3n) is 5.72. The second kappa shape index (κ2) is 11.0. The molecule has 2 fully saturated rings. The predicted molar refractivity (Wildman–Crippen MR) is 121 cm³/mol. The van der Waals surface area contributed by atoms with Gasteiger partial charge < -0.3 is 24.8 Å². The quantitative estimate of drug-likeness (QED) is 0.633. The number of hydrogen-bond donors (Lipinski definition) is 2. The number of fused-ring (bicyclic) bond motifs is 2. The molecule has 3 unspecified atom stereocenters. The fourth-order valence-corrected chi connectivity index (χ4v) is 4.63. The van der Waals surface area contributed by atoms with Gasteiger partial charge in [-0.3, -0.25) is 4.90 Å². The molecule has 0 saturated carbocycles. The molecule has 2 saturated heterocycles. The molecule has 0 aromatic heterocycles. The molecule has 2 aliphatic rings. The van der Waals surface area contributed by atoms with E-state index in [1.807, 2.05) is 20.8 Å². The van der Waals surface area contributed by atoms with Gasteiger partial charge in [0.05, 0.1) is 11.6 Å². The minimum absolute atomic E-state index is 0.236. The van der Waals surface area contributed by atoms with Crippen LogP contribution < -0.4 is 10.1 Å². The lowest BCUT2D eigenvalue weighted by molar-refractivity contribution is 0.000154. The van der Waals surface area contributed by atoms with Crippen LogP contribution in [0.3, 0.4) is 0 Å². The number of benzene rings is 1. The van der Waals surface area contributed by atoms with Gasteiger partial charge in [0.25, 0.3) is 0 Å². The number of likely N-dealkylation sites (tertiary alicyclic amines) is 2. The molecular formula is C24H36N4O4. The van der Waals surface area contributed by atoms with E-state index in [0.29, 0.717) is 36.2 Å². The van der Waals surface area contributed by atoms with E-state index in [1.54, 1.807) is 24.3 Å². The highest BCUT2D eigenvalue weighted by Crippen LogP contribution is 2.28. The molecule has 0 aliphatic carbocycles. The molecule has 8 nitrogen and oxygen atoms in total. The van der Waals surface area contributed by atoms with Crippen LogP contribution in [0.1, 0.15) is 32.8 Å². The van der Waals surface area contributed by atoms with E-state index in [2.05, 4.69) is 21.2 Å². The zero-order valence-corrected chi connectivity index (χ0v) is 19.4. The molecule has 1 aromatic carbocycles. The first kappa shape index (κ1) is 24.3. The number of carbonyl (C=O) groups is 1. The van der Waals surface area contributed by atoms with Gasteiger partial charge in [0, 0.05) is 45.8 Å². The third kappa shape index (κ3) is 7.97. The van der Waals surface area contributed by atoms with Crippen molar-refractivity contribution in [3.05, 3.63) is 29.8 Å². The van der Waals surface area contributed by atoms with Crippen LogP contribution in [0, 0.1) is 23.2 Å². The lowest BCUT2D eigenvalue weighted by Gasteiger charge is -2.46. The number of nitriles is 1. The molecule has 1 amide bonds. The van der Waals surface area contributed by atoms with Gasteiger partial charge in [-0.25, -0.2) is 4.79 Å². The number of piperidine rings is 2. The molecular weight excluding hydrogens is 408 g/mol. The average molecular weight is 445 g/mol. The van der Waals surface area contributed by atoms with Crippen molar-refractivity contribution in [3.8, 4) is 11.8 Å². The Balaban J connectivity index is 1.35. The van der Waals surface area contributed by atoms with E-state index in [0.717, 1.165) is 32.7 Å². The Bertz CT molecular complexity index is 773. The molecule has 8 heteroatoms. The summed E-state index contributed by atoms with van der Waals surface area (Å²) in [6.45, 7) is 11.8. The molecule has 3 atom stereocenters. The third-order valence-corrected chi connectivity index (χ3v) is 5.72. The Morgan fingerprint density at radius 3 is 2.41 bits per heavy atom. The van der Waals surface area contributed by atoms with Crippen molar-refractivity contribution in [2.45, 2.75) is 38.9 Å². The molecule has 3 rings (SSSR count). The maximum absolute atomic E-state index is 11.8. The van der Waals surface area contributed by atoms with Crippen LogP contribution in [0.25, 0.3) is 0 Å². The van der Waals surface area contributed by atoms with Crippen LogP contribution in [0.15, 0.2) is 24.3 Å². The fraction of sp³-hybridized carbons (Fsp3) is 0.667. The Morgan fingerprint density at radius 2 is 1.81 bits per heavy atom. The monoisotopic (exact) mass is 444 g/mol. The minimum atomic E-state index is -0.557. The lowest BCUT2D eigenvalue weighted by Crippen LogP contribution is -2.55. The van der Waals surface area contributed by atoms with Gasteiger partial charge in [0.15, 0.2) is 0 Å². The Morgan fingerprint density at radius 1 is 1.19 bits per heavy atom. The van der Waals surface area contributed by atoms with E-state index in [9.17, 15) is 9.90 Å². The first-order valence-electron chi connectivity index (χ1n) is 11.4. The summed E-state index contributed by atoms with van der Waals surface area (Å²) in [5.74, 6) is 1.82. The van der Waals surface area contributed by atoms with E-state index in [4.69, 9.17) is 14.7 Å². The normalized spacial score (nSPS) is 22.6. The molecule has 2 heterocycles. The second-order valence-corrected chi connectivity index (χ2v) is 9.98. The summed E-state index contributed by atoms with van der Waals surface area (Å²) in [4.78, 5) is 16.6. The summed E-state index contributed by atoms with van der Waals surface area (Å²) in [5.41, 5.74) is 0.111. The summed E-state index contributed by atoms with van der Waals surface area (Å²) >= 11 is 0. The Labute approximate surface area is 191 Å². The number of aliphatic hydroxyl groups excluding tert-OH is 1. The number of hydrogen-bond acceptors (Lipinski definition) is 7. The van der Waals surface area contributed by atoms with Crippen LogP contribution in [-0.4, -0.2) is 85.1 Å². The fourth-order valence-electron chi connectivity index (χ4n) is 4.63. The van der Waals surface area contributed by atoms with Crippen molar-refractivity contribution < 1.29 is 19.4 Å². The summed E-state index contributed by atoms with van der Waals surface area (Å²) in [6, 6.07) is 9.01. The highest BCUT2D eigenvalue weighted by atomic mass is 16.6. The minimum Gasteiger partial charge on any atom is -0.491 e. The van der Waals surface area contributed by atoms with Gasteiger partial charge in [-0.2, -0.15) is 5.26 Å². The summed E-state index contributed by atoms with van der Waals surface area (Å²) in [7, 11) is 0. The van der Waals surface area contributed by atoms with Crippen molar-refractivity contribution in [1.82, 2.24) is 15.1 Å². The van der Waals surface area contributed by atoms with Gasteiger partial charge >= 0.3 is 6.09 Å². The zero-order valence-electron chi connectivity index (χ0n) is 19.4. The molecule has 0 radical (unpaired) electrons. The predicted octanol–water partition coefficient (Wildman–Crippen LogP) is 2.08. The molecule has 2 N–H and O–H groups in total. The van der Waals surface area contributed by atoms with Crippen LogP contribution >= 0.6 is 0 Å². The number of nitrogens with one attached hydrogen (secondary N) is 1. The van der Waals surface area contributed by atoms with E-state index in [1.165, 1.54) is 6.42 Å². The number of aliphatic hydroxyl groups is 1. The summed E-state index contributed by atoms with van der Waals surface area (Å²) < 4.78 is 11.0. The first-order chi connectivity index (χ1) is 15.2. The van der Waals surface area contributed by atoms with E-state index >= 15 is 0 Å². The van der Waals surface area contributed by atoms with Crippen molar-refractivity contribution in [1.29, 1.82) is 5.26 Å². The van der Waals surface area contributed by atoms with Crippen LogP contribution in [0.5, 0.6) is 5.75 Å². The largest absolute Gasteiger partial charge is 0.491 e. The maximum atomic E-state index is 11.8. The number of rotatable bonds is 8. The molecule has 2 aliphatic heterocycles. The maximum Gasteiger partial charge on any atom is 0.407 e. The summed E-state index contributed by atoms with van der Waals surface area (Å²) in [6.07, 6.45) is 0.307. The zero-order chi connectivity index (χ0) is 23.1. The topological polar surface area (TPSA) is 98.1 Å². The van der Waals surface area contributed by atoms with Gasteiger partial charge in [0.2, 0.25) is 0 Å². The SMILES string of the molecule is CC(C)(C)OC(=O)NCCN1CC2CC(C1)CN(CC(O)COc1ccc(C#N)cc1)C2. The molecule has 0 spiro atoms. The Kier molecular flexibility index (Phi) is 8.35. The average Bonchev–Trinajstić information content (AvgIpc) is 2.70. The first-order valence-corrected chi connectivity index (χ1v) is 11.4. The number of nitrogens with zero attached hydrogens (tertiary/aromatic N) is 3. The van der Waals surface area contributed by atoms with Crippen LogP contribution in [-0.2, 0) is 4.74 Å². The highest BCUT2D eigenvalue weighted by Gasteiger charge is 2.34. The molecule has 1 aromatic rings. The van der Waals surface area contributed by atoms with E-state index in [-0.39, 0.29) is 12.7 Å². The van der Waals surface area contributed by atoms with Crippen LogP contribution in [0.4, 0.5) is 4.79 Å². The Hall–Kier alpha value is -2.34. The van der Waals surface area contributed by atoms with E-state index < -0.39 is 11.7 Å². The smallest absolute Gasteiger partial charge is 0.407 e. The van der Waals surface area contributed by atoms with Gasteiger partial charge in [0.1, 0.15) is 24.1 Å². The van der Waals surface area contributed by atoms with Crippen molar-refractivity contribution >= 4 is 6.09 Å². The standard InChI is InChI=1S/C24H36N4O4/c1-24(2,3)32-23(30)26-8-9-27-12-19-10-20(13-27)15-28(14-19)16-21(29)17-31-22-6-4-18(11-25)5-7-22/h4-7,19-21,29H,8-10,12-17H2,1-3H3,(H,26,30). The molecule has 2 bridgehead atoms. The lowest BCUT2D eigenvalue weighted by atomic mass is 9.84. The second-order valence-electron chi connectivity index (χ2n) is 9.98. The number of β-amino-alcohol motifs (C(OH)–C–C–N with tert-alkyl or cyclic N) is 1. The number of carbonyl (C=O) groups excluding carboxylic acids is 1. The van der Waals surface area contributed by atoms with Gasteiger partial charge in [-0.15, -0.1) is 0 Å². The number of alkyl carbamates (subject to hydrolysis) is 1. The highest BCUT2D eigenvalue weighted by molar-refractivity contribution is 5.67. The number of amides is 1. The van der Waals surface area contributed by atoms with Crippen molar-refractivity contribution in [2.24, 2.45) is 11.8 Å². The van der Waals surface area contributed by atoms with Crippen molar-refractivity contribution in [3.63, 3.8) is 0 Å². The van der Waals surface area contributed by atoms with Gasteiger partial charge in [-0.05, 0) is 63.3 Å². The van der Waals surface area contributed by atoms with Gasteiger partial charge in [-0.1, -0.05) is 0 Å². The van der Waals surface area contributed by atoms with Crippen LogP contribution in [0.2, 0.25) is 0 Å². The number of ether oxygens (including phenoxy) is 2. The van der Waals surface area contributed by atoms with Crippen molar-refractivity contribution in [2.75, 3.05) is 52.4 Å². The molecule has 176 valence electrons. The molecule has 32 heavy (non-hydrogen) atoms.